The van der Waals surface area contributed by atoms with Gasteiger partial charge in [-0.15, -0.1) is 6.07 Å². The van der Waals surface area contributed by atoms with Crippen molar-refractivity contribution in [3.05, 3.63) is 60.4 Å². The van der Waals surface area contributed by atoms with Crippen molar-refractivity contribution >= 4 is 9.42 Å². The van der Waals surface area contributed by atoms with Gasteiger partial charge in [0.2, 0.25) is 0 Å². The summed E-state index contributed by atoms with van der Waals surface area (Å²) in [5.74, 6) is -4.66. The summed E-state index contributed by atoms with van der Waals surface area (Å²) in [6.07, 6.45) is 5.43. The molecular formula is C14H6ClF3N4Pt. The molecule has 0 aliphatic carbocycles. The van der Waals surface area contributed by atoms with Crippen molar-refractivity contribution in [1.82, 2.24) is 19.9 Å². The fourth-order valence-electron chi connectivity index (χ4n) is 1.72. The molecule has 0 amide bonds. The van der Waals surface area contributed by atoms with Gasteiger partial charge < -0.3 is 0 Å². The van der Waals surface area contributed by atoms with Crippen molar-refractivity contribution in [2.24, 2.45) is 0 Å². The van der Waals surface area contributed by atoms with Gasteiger partial charge in [0, 0.05) is 24.8 Å². The van der Waals surface area contributed by atoms with Crippen molar-refractivity contribution < 1.29 is 31.9 Å². The topological polar surface area (TPSA) is 51.6 Å². The zero-order valence-electron chi connectivity index (χ0n) is 11.1. The average Bonchev–Trinajstić information content (AvgIpc) is 2.63. The molecule has 3 aromatic rings. The molecule has 0 unspecified atom stereocenters. The number of hydrogen-bond donors (Lipinski definition) is 0. The molecule has 0 spiro atoms. The Balaban J connectivity index is 0.000000924. The Morgan fingerprint density at radius 3 is 1.39 bits per heavy atom. The van der Waals surface area contributed by atoms with Gasteiger partial charge in [0.25, 0.3) is 0 Å². The van der Waals surface area contributed by atoms with Crippen LogP contribution in [0.1, 0.15) is 0 Å². The molecule has 0 atom stereocenters. The van der Waals surface area contributed by atoms with E-state index in [1.54, 1.807) is 18.8 Å². The summed E-state index contributed by atoms with van der Waals surface area (Å²) in [5, 5.41) is 0. The summed E-state index contributed by atoms with van der Waals surface area (Å²) >= 11 is 1.61. The summed E-state index contributed by atoms with van der Waals surface area (Å²) < 4.78 is 41.5. The van der Waals surface area contributed by atoms with E-state index in [0.717, 1.165) is 0 Å². The van der Waals surface area contributed by atoms with E-state index < -0.39 is 17.5 Å². The monoisotopic (exact) mass is 517 g/mol. The normalized spacial score (nSPS) is 10.0. The molecule has 23 heavy (non-hydrogen) atoms. The Bertz CT molecular complexity index is 727. The third-order valence-corrected chi connectivity index (χ3v) is 2.65. The molecule has 1 aromatic carbocycles. The van der Waals surface area contributed by atoms with Crippen molar-refractivity contribution in [3.63, 3.8) is 0 Å². The van der Waals surface area contributed by atoms with Crippen LogP contribution in [0, 0.1) is 23.5 Å². The molecule has 9 heteroatoms. The van der Waals surface area contributed by atoms with E-state index in [9.17, 15) is 13.2 Å². The van der Waals surface area contributed by atoms with Crippen molar-refractivity contribution in [2.75, 3.05) is 0 Å². The van der Waals surface area contributed by atoms with E-state index >= 15 is 0 Å². The van der Waals surface area contributed by atoms with Crippen LogP contribution in [-0.2, 0) is 18.8 Å². The second-order valence-electron chi connectivity index (χ2n) is 3.96. The van der Waals surface area contributed by atoms with Gasteiger partial charge in [0.05, 0.1) is 23.3 Å². The van der Waals surface area contributed by atoms with Crippen LogP contribution >= 0.6 is 9.42 Å². The van der Waals surface area contributed by atoms with E-state index in [2.05, 4.69) is 35.4 Å². The van der Waals surface area contributed by atoms with Gasteiger partial charge in [0.15, 0.2) is 0 Å². The predicted molar refractivity (Wildman–Crippen MR) is 73.1 cm³/mol. The fraction of sp³-hybridized carbons (Fsp3) is 0. The van der Waals surface area contributed by atoms with Gasteiger partial charge >= 0.3 is 28.2 Å². The Morgan fingerprint density at radius 1 is 0.696 bits per heavy atom. The second kappa shape index (κ2) is 8.13. The van der Waals surface area contributed by atoms with Gasteiger partial charge in [-0.05, 0) is 23.3 Å². The van der Waals surface area contributed by atoms with E-state index in [0.29, 0.717) is 0 Å². The van der Waals surface area contributed by atoms with Gasteiger partial charge in [-0.1, -0.05) is 0 Å². The number of rotatable bonds is 2. The molecule has 3 rings (SSSR count). The first kappa shape index (κ1) is 17.5. The van der Waals surface area contributed by atoms with Gasteiger partial charge in [-0.2, -0.15) is 0 Å². The van der Waals surface area contributed by atoms with Crippen LogP contribution in [-0.4, -0.2) is 19.9 Å². The summed E-state index contributed by atoms with van der Waals surface area (Å²) in [5.41, 5.74) is -0.756. The second-order valence-corrected chi connectivity index (χ2v) is 3.96. The van der Waals surface area contributed by atoms with Crippen LogP contribution < -0.4 is 0 Å². The minimum absolute atomic E-state index is 0.105. The van der Waals surface area contributed by atoms with Crippen LogP contribution in [0.5, 0.6) is 0 Å². The maximum absolute atomic E-state index is 13.9. The fourth-order valence-corrected chi connectivity index (χ4v) is 1.72. The minimum atomic E-state index is -1.64. The molecule has 0 saturated heterocycles. The van der Waals surface area contributed by atoms with Crippen LogP contribution in [0.3, 0.4) is 0 Å². The SMILES string of the molecule is Fc1c(-c2ncccn2)[c-]c(-c2ncccn2)c(F)c1F.[Cl][Pt+]. The zero-order chi connectivity index (χ0) is 16.8. The molecular weight excluding hydrogens is 512 g/mol. The molecule has 0 saturated carbocycles. The molecule has 4 nitrogen and oxygen atoms in total. The summed E-state index contributed by atoms with van der Waals surface area (Å²) in [6.45, 7) is 0. The molecule has 0 radical (unpaired) electrons. The molecule has 2 heterocycles. The molecule has 0 bridgehead atoms. The Labute approximate surface area is 144 Å². The molecule has 0 N–H and O–H groups in total. The number of halogens is 4. The Hall–Kier alpha value is -1.85. The van der Waals surface area contributed by atoms with Gasteiger partial charge in [-0.3, -0.25) is 28.7 Å². The third-order valence-electron chi connectivity index (χ3n) is 2.65. The predicted octanol–water partition coefficient (Wildman–Crippen LogP) is 3.51. The number of benzene rings is 1. The van der Waals surface area contributed by atoms with Crippen LogP contribution in [0.15, 0.2) is 36.9 Å². The molecule has 0 aliphatic heterocycles. The summed E-state index contributed by atoms with van der Waals surface area (Å²) in [4.78, 5) is 15.2. The number of hydrogen-bond acceptors (Lipinski definition) is 4. The standard InChI is InChI=1S/C14H6F3N4.ClH.Pt/c15-10-8(13-18-3-1-4-19-13)7-9(11(16)12(10)17)14-20-5-2-6-21-14;;/h1-6H;1H;/q-1;;+2/p-1. The Kier molecular flexibility index (Phi) is 6.18. The first-order valence-corrected chi connectivity index (χ1v) is 8.76. The van der Waals surface area contributed by atoms with E-state index in [-0.39, 0.29) is 22.8 Å². The molecule has 120 valence electrons. The summed E-state index contributed by atoms with van der Waals surface area (Å²) in [6, 6.07) is 5.45. The van der Waals surface area contributed by atoms with Crippen LogP contribution in [0.4, 0.5) is 13.2 Å². The van der Waals surface area contributed by atoms with E-state index in [4.69, 9.17) is 0 Å². The van der Waals surface area contributed by atoms with Crippen LogP contribution in [0.2, 0.25) is 0 Å². The van der Waals surface area contributed by atoms with Gasteiger partial charge in [-0.25, -0.2) is 4.39 Å². The quantitative estimate of drug-likeness (QED) is 0.386. The average molecular weight is 518 g/mol. The summed E-state index contributed by atoms with van der Waals surface area (Å²) in [7, 11) is 4.61. The maximum atomic E-state index is 13.9. The third kappa shape index (κ3) is 3.74. The first-order valence-electron chi connectivity index (χ1n) is 5.95. The van der Waals surface area contributed by atoms with Crippen LogP contribution in [0.25, 0.3) is 22.8 Å². The van der Waals surface area contributed by atoms with E-state index in [1.807, 2.05) is 0 Å². The number of nitrogens with zero attached hydrogens (tertiary/aromatic N) is 4. The first-order chi connectivity index (χ1) is 11.2. The van der Waals surface area contributed by atoms with Crippen molar-refractivity contribution in [3.8, 4) is 22.8 Å². The van der Waals surface area contributed by atoms with Gasteiger partial charge in [0.1, 0.15) is 5.82 Å². The Morgan fingerprint density at radius 2 is 1.04 bits per heavy atom. The molecule has 0 fully saturated rings. The number of aromatic nitrogens is 4. The van der Waals surface area contributed by atoms with Crippen molar-refractivity contribution in [2.45, 2.75) is 0 Å². The van der Waals surface area contributed by atoms with E-state index in [1.165, 1.54) is 36.9 Å². The molecule has 0 aliphatic rings. The van der Waals surface area contributed by atoms with Crippen molar-refractivity contribution in [1.29, 1.82) is 0 Å². The zero-order valence-corrected chi connectivity index (χ0v) is 14.1. The molecule has 2 aromatic heterocycles.